The fourth-order valence-electron chi connectivity index (χ4n) is 2.26. The molecule has 2 aromatic rings. The van der Waals surface area contributed by atoms with Gasteiger partial charge in [-0.1, -0.05) is 19.1 Å². The third-order valence-corrected chi connectivity index (χ3v) is 5.04. The average Bonchev–Trinajstić information content (AvgIpc) is 2.71. The third-order valence-electron chi connectivity index (χ3n) is 3.10. The van der Waals surface area contributed by atoms with E-state index in [0.717, 1.165) is 5.75 Å². The lowest BCUT2D eigenvalue weighted by atomic mass is 10.1. The van der Waals surface area contributed by atoms with Crippen LogP contribution in [0.15, 0.2) is 35.2 Å². The summed E-state index contributed by atoms with van der Waals surface area (Å²) in [5.74, 6) is 1.10. The Morgan fingerprint density at radius 2 is 2.00 bits per heavy atom. The highest BCUT2D eigenvalue weighted by atomic mass is 32.2. The predicted molar refractivity (Wildman–Crippen MR) is 88.7 cm³/mol. The van der Waals surface area contributed by atoms with Crippen molar-refractivity contribution in [3.05, 3.63) is 45.6 Å². The molecular formula is C16H21NS2. The van der Waals surface area contributed by atoms with Crippen LogP contribution >= 0.6 is 23.1 Å². The van der Waals surface area contributed by atoms with Gasteiger partial charge in [-0.25, -0.2) is 0 Å². The standard InChI is InChI=1S/C16H21NS2/c1-5-18-16-9-7-6-8-15(16)17-12(3)14-10-11(2)19-13(14)4/h6-10,12,17H,5H2,1-4H3. The summed E-state index contributed by atoms with van der Waals surface area (Å²) in [5.41, 5.74) is 2.66. The maximum atomic E-state index is 3.65. The van der Waals surface area contributed by atoms with Crippen molar-refractivity contribution in [2.45, 2.75) is 38.6 Å². The fraction of sp³-hybridized carbons (Fsp3) is 0.375. The van der Waals surface area contributed by atoms with Crippen LogP contribution in [0.4, 0.5) is 5.69 Å². The van der Waals surface area contributed by atoms with Gasteiger partial charge in [-0.3, -0.25) is 0 Å². The van der Waals surface area contributed by atoms with Crippen LogP contribution in [0.5, 0.6) is 0 Å². The average molecular weight is 291 g/mol. The van der Waals surface area contributed by atoms with Crippen LogP contribution in [0.1, 0.15) is 35.2 Å². The molecule has 3 heteroatoms. The van der Waals surface area contributed by atoms with Gasteiger partial charge in [-0.05, 0) is 50.3 Å². The van der Waals surface area contributed by atoms with E-state index in [1.54, 1.807) is 0 Å². The summed E-state index contributed by atoms with van der Waals surface area (Å²) in [6, 6.07) is 11.2. The van der Waals surface area contributed by atoms with Crippen molar-refractivity contribution in [2.24, 2.45) is 0 Å². The minimum atomic E-state index is 0.351. The van der Waals surface area contributed by atoms with E-state index in [0.29, 0.717) is 6.04 Å². The first-order chi connectivity index (χ1) is 9.11. The molecule has 1 N–H and O–H groups in total. The van der Waals surface area contributed by atoms with Gasteiger partial charge in [0.15, 0.2) is 0 Å². The molecular weight excluding hydrogens is 270 g/mol. The van der Waals surface area contributed by atoms with Crippen LogP contribution in [-0.2, 0) is 0 Å². The zero-order chi connectivity index (χ0) is 13.8. The number of aryl methyl sites for hydroxylation is 2. The first-order valence-corrected chi connectivity index (χ1v) is 8.47. The Morgan fingerprint density at radius 3 is 2.63 bits per heavy atom. The quantitative estimate of drug-likeness (QED) is 0.714. The van der Waals surface area contributed by atoms with Crippen LogP contribution in [0, 0.1) is 13.8 Å². The van der Waals surface area contributed by atoms with Crippen molar-refractivity contribution in [3.8, 4) is 0 Å². The van der Waals surface area contributed by atoms with Gasteiger partial charge >= 0.3 is 0 Å². The molecule has 0 saturated heterocycles. The molecule has 19 heavy (non-hydrogen) atoms. The summed E-state index contributed by atoms with van der Waals surface area (Å²) in [5, 5.41) is 3.65. The fourth-order valence-corrected chi connectivity index (χ4v) is 4.05. The van der Waals surface area contributed by atoms with Gasteiger partial charge in [-0.2, -0.15) is 0 Å². The summed E-state index contributed by atoms with van der Waals surface area (Å²) in [4.78, 5) is 4.14. The molecule has 0 fully saturated rings. The molecule has 0 bridgehead atoms. The van der Waals surface area contributed by atoms with Gasteiger partial charge in [0.25, 0.3) is 0 Å². The van der Waals surface area contributed by atoms with E-state index in [4.69, 9.17) is 0 Å². The number of nitrogens with one attached hydrogen (secondary N) is 1. The molecule has 0 radical (unpaired) electrons. The molecule has 0 spiro atoms. The van der Waals surface area contributed by atoms with E-state index in [1.165, 1.54) is 25.9 Å². The number of rotatable bonds is 5. The van der Waals surface area contributed by atoms with E-state index in [-0.39, 0.29) is 0 Å². The van der Waals surface area contributed by atoms with E-state index in [9.17, 15) is 0 Å². The summed E-state index contributed by atoms with van der Waals surface area (Å²) in [6.07, 6.45) is 0. The third kappa shape index (κ3) is 3.54. The van der Waals surface area contributed by atoms with Crippen LogP contribution < -0.4 is 5.32 Å². The maximum Gasteiger partial charge on any atom is 0.0497 e. The first kappa shape index (κ1) is 14.5. The second kappa shape index (κ2) is 6.49. The SMILES string of the molecule is CCSc1ccccc1NC(C)c1cc(C)sc1C. The van der Waals surface area contributed by atoms with Crippen LogP contribution in [0.25, 0.3) is 0 Å². The number of thiophene rings is 1. The van der Waals surface area contributed by atoms with Gasteiger partial charge in [0.1, 0.15) is 0 Å². The van der Waals surface area contributed by atoms with Crippen molar-refractivity contribution >= 4 is 28.8 Å². The van der Waals surface area contributed by atoms with Gasteiger partial charge in [0.2, 0.25) is 0 Å². The molecule has 0 saturated carbocycles. The largest absolute Gasteiger partial charge is 0.378 e. The predicted octanol–water partition coefficient (Wildman–Crippen LogP) is 5.65. The molecule has 0 aliphatic heterocycles. The Balaban J connectivity index is 2.19. The smallest absolute Gasteiger partial charge is 0.0497 e. The lowest BCUT2D eigenvalue weighted by Crippen LogP contribution is -2.07. The topological polar surface area (TPSA) is 12.0 Å². The molecule has 1 aromatic carbocycles. The molecule has 0 aliphatic rings. The van der Waals surface area contributed by atoms with Gasteiger partial charge in [0, 0.05) is 26.4 Å². The lowest BCUT2D eigenvalue weighted by molar-refractivity contribution is 0.876. The molecule has 0 aliphatic carbocycles. The molecule has 1 atom stereocenters. The molecule has 0 amide bonds. The van der Waals surface area contributed by atoms with E-state index >= 15 is 0 Å². The lowest BCUT2D eigenvalue weighted by Gasteiger charge is -2.18. The highest BCUT2D eigenvalue weighted by Gasteiger charge is 2.12. The Kier molecular flexibility index (Phi) is 4.94. The van der Waals surface area contributed by atoms with E-state index in [1.807, 2.05) is 23.1 Å². The summed E-state index contributed by atoms with van der Waals surface area (Å²) < 4.78 is 0. The van der Waals surface area contributed by atoms with Crippen LogP contribution in [-0.4, -0.2) is 5.75 Å². The van der Waals surface area contributed by atoms with Crippen molar-refractivity contribution < 1.29 is 0 Å². The minimum absolute atomic E-state index is 0.351. The summed E-state index contributed by atoms with van der Waals surface area (Å²) in [7, 11) is 0. The maximum absolute atomic E-state index is 3.65. The Hall–Kier alpha value is -0.930. The molecule has 1 nitrogen and oxygen atoms in total. The Labute approximate surface area is 124 Å². The number of anilines is 1. The number of hydrogen-bond acceptors (Lipinski definition) is 3. The van der Waals surface area contributed by atoms with Crippen molar-refractivity contribution in [2.75, 3.05) is 11.1 Å². The molecule has 102 valence electrons. The summed E-state index contributed by atoms with van der Waals surface area (Å²) in [6.45, 7) is 8.81. The van der Waals surface area contributed by atoms with E-state index in [2.05, 4.69) is 63.3 Å². The van der Waals surface area contributed by atoms with Gasteiger partial charge in [0.05, 0.1) is 0 Å². The normalized spacial score (nSPS) is 12.4. The monoisotopic (exact) mass is 291 g/mol. The second-order valence-corrected chi connectivity index (χ2v) is 7.43. The molecule has 1 unspecified atom stereocenters. The first-order valence-electron chi connectivity index (χ1n) is 6.67. The molecule has 1 heterocycles. The summed E-state index contributed by atoms with van der Waals surface area (Å²) >= 11 is 3.77. The molecule has 2 rings (SSSR count). The van der Waals surface area contributed by atoms with Crippen LogP contribution in [0.2, 0.25) is 0 Å². The zero-order valence-electron chi connectivity index (χ0n) is 12.0. The van der Waals surface area contributed by atoms with Crippen molar-refractivity contribution in [1.29, 1.82) is 0 Å². The molecule has 1 aromatic heterocycles. The van der Waals surface area contributed by atoms with E-state index < -0.39 is 0 Å². The number of benzene rings is 1. The van der Waals surface area contributed by atoms with Crippen molar-refractivity contribution in [1.82, 2.24) is 0 Å². The van der Waals surface area contributed by atoms with Crippen LogP contribution in [0.3, 0.4) is 0 Å². The minimum Gasteiger partial charge on any atom is -0.378 e. The Morgan fingerprint density at radius 1 is 1.26 bits per heavy atom. The van der Waals surface area contributed by atoms with Gasteiger partial charge < -0.3 is 5.32 Å². The highest BCUT2D eigenvalue weighted by molar-refractivity contribution is 7.99. The second-order valence-electron chi connectivity index (χ2n) is 4.66. The highest BCUT2D eigenvalue weighted by Crippen LogP contribution is 2.32. The van der Waals surface area contributed by atoms with Crippen molar-refractivity contribution in [3.63, 3.8) is 0 Å². The number of para-hydroxylation sites is 1. The number of thioether (sulfide) groups is 1. The Bertz CT molecular complexity index is 545. The zero-order valence-corrected chi connectivity index (χ0v) is 13.6. The number of hydrogen-bond donors (Lipinski definition) is 1. The van der Waals surface area contributed by atoms with Gasteiger partial charge in [-0.15, -0.1) is 23.1 Å².